The summed E-state index contributed by atoms with van der Waals surface area (Å²) in [6.45, 7) is 6.31. The van der Waals surface area contributed by atoms with Gasteiger partial charge in [0.2, 0.25) is 0 Å². The van der Waals surface area contributed by atoms with Crippen LogP contribution in [0.25, 0.3) is 0 Å². The van der Waals surface area contributed by atoms with E-state index < -0.39 is 19.5 Å². The van der Waals surface area contributed by atoms with Crippen molar-refractivity contribution in [1.82, 2.24) is 0 Å². The quantitative estimate of drug-likeness (QED) is 0.451. The summed E-state index contributed by atoms with van der Waals surface area (Å²) in [7, 11) is -2.87. The molecule has 0 heterocycles. The van der Waals surface area contributed by atoms with E-state index in [1.807, 2.05) is 0 Å². The summed E-state index contributed by atoms with van der Waals surface area (Å²) in [6, 6.07) is 0. The zero-order valence-electron chi connectivity index (χ0n) is 7.64. The second-order valence-corrected chi connectivity index (χ2v) is 3.88. The third-order valence-corrected chi connectivity index (χ3v) is 1.50. The molecule has 0 saturated carbocycles. The molecular weight excluding hydrogens is 183 g/mol. The third kappa shape index (κ3) is 9.94. The second kappa shape index (κ2) is 4.84. The summed E-state index contributed by atoms with van der Waals surface area (Å²) < 4.78 is 8.70. The van der Waals surface area contributed by atoms with Crippen molar-refractivity contribution in [2.45, 2.75) is 38.9 Å². The smallest absolute Gasteiger partial charge is 0.387 e. The van der Waals surface area contributed by atoms with Crippen molar-refractivity contribution < 1.29 is 24.6 Å². The van der Waals surface area contributed by atoms with Crippen LogP contribution in [0.4, 0.5) is 0 Å². The van der Waals surface area contributed by atoms with Gasteiger partial charge in [-0.05, 0) is 27.7 Å². The predicted octanol–water partition coefficient (Wildman–Crippen LogP) is 0.157. The van der Waals surface area contributed by atoms with E-state index in [1.165, 1.54) is 0 Å². The number of aliphatic hydroxyl groups is 2. The summed E-state index contributed by atoms with van der Waals surface area (Å²) in [5.41, 5.74) is -2.01. The molecule has 0 amide bonds. The van der Waals surface area contributed by atoms with Gasteiger partial charge in [-0.1, -0.05) is 0 Å². The zero-order valence-corrected chi connectivity index (χ0v) is 8.54. The maximum Gasteiger partial charge on any atom is 0.692 e. The van der Waals surface area contributed by atoms with E-state index >= 15 is 0 Å². The summed E-state index contributed by atoms with van der Waals surface area (Å²) in [4.78, 5) is 14.2. The van der Waals surface area contributed by atoms with Gasteiger partial charge in [-0.3, -0.25) is 0 Å². The minimum absolute atomic E-state index is 1.01. The van der Waals surface area contributed by atoms with E-state index in [0.717, 1.165) is 0 Å². The Morgan fingerprint density at radius 2 is 1.00 bits per heavy atom. The van der Waals surface area contributed by atoms with Crippen LogP contribution in [0.15, 0.2) is 0 Å². The molecule has 0 aliphatic heterocycles. The molecule has 5 nitrogen and oxygen atoms in total. The molecule has 6 heteroatoms. The van der Waals surface area contributed by atoms with Crippen molar-refractivity contribution in [3.05, 3.63) is 0 Å². The molecule has 0 aliphatic rings. The van der Waals surface area contributed by atoms with Crippen molar-refractivity contribution in [3.63, 3.8) is 0 Å². The van der Waals surface area contributed by atoms with Crippen molar-refractivity contribution in [3.8, 4) is 0 Å². The van der Waals surface area contributed by atoms with Crippen LogP contribution in [0.5, 0.6) is 0 Å². The summed E-state index contributed by atoms with van der Waals surface area (Å²) in [5, 5.41) is 18.2. The maximum atomic E-state index is 9.10. The Morgan fingerprint density at radius 1 is 0.917 bits per heavy atom. The fourth-order valence-electron chi connectivity index (χ4n) is 0. The average molecular weight is 199 g/mol. The van der Waals surface area contributed by atoms with Crippen LogP contribution in [0.3, 0.4) is 0 Å². The van der Waals surface area contributed by atoms with Crippen LogP contribution >= 0.6 is 8.25 Å². The Morgan fingerprint density at radius 3 is 1.00 bits per heavy atom. The molecule has 12 heavy (non-hydrogen) atoms. The Kier molecular flexibility index (Phi) is 5.84. The van der Waals surface area contributed by atoms with Crippen molar-refractivity contribution >= 4 is 8.25 Å². The first-order chi connectivity index (χ1) is 4.98. The Hall–Kier alpha value is -0.0600. The Bertz CT molecular complexity index is 127. The van der Waals surface area contributed by atoms with Gasteiger partial charge in [-0.25, -0.2) is 0 Å². The fourth-order valence-corrected chi connectivity index (χ4v) is 0. The first-order valence-corrected chi connectivity index (χ1v) is 4.44. The lowest BCUT2D eigenvalue weighted by Crippen LogP contribution is -2.44. The summed E-state index contributed by atoms with van der Waals surface area (Å²) >= 11 is 0. The highest BCUT2D eigenvalue weighted by molar-refractivity contribution is 7.30. The van der Waals surface area contributed by atoms with Crippen LogP contribution in [-0.2, 0) is 4.57 Å². The molecule has 0 rings (SSSR count). The molecule has 4 N–H and O–H groups in total. The van der Waals surface area contributed by atoms with Gasteiger partial charge < -0.3 is 10.2 Å². The number of rotatable bonds is 1. The fraction of sp³-hybridized carbons (Fsp3) is 1.00. The van der Waals surface area contributed by atoms with E-state index in [1.54, 1.807) is 27.7 Å². The number of hydrogen-bond donors (Lipinski definition) is 4. The highest BCUT2D eigenvalue weighted by Gasteiger charge is 2.31. The minimum Gasteiger partial charge on any atom is -0.387 e. The molecule has 74 valence electrons. The Labute approximate surface area is 72.6 Å². The summed E-state index contributed by atoms with van der Waals surface area (Å²) in [5.74, 6) is 0. The normalized spacial score (nSPS) is 11.7. The van der Waals surface area contributed by atoms with E-state index in [4.69, 9.17) is 24.6 Å². The van der Waals surface area contributed by atoms with Gasteiger partial charge >= 0.3 is 8.25 Å². The molecule has 0 aromatic carbocycles. The van der Waals surface area contributed by atoms with Crippen LogP contribution < -0.4 is 0 Å². The number of hydrogen-bond acceptors (Lipinski definition) is 3. The molecule has 0 bridgehead atoms. The van der Waals surface area contributed by atoms with E-state index in [-0.39, 0.29) is 0 Å². The van der Waals surface area contributed by atoms with Gasteiger partial charge in [0.05, 0.1) is 11.2 Å². The van der Waals surface area contributed by atoms with E-state index in [9.17, 15) is 0 Å². The van der Waals surface area contributed by atoms with Crippen molar-refractivity contribution in [2.24, 2.45) is 0 Å². The molecule has 0 unspecified atom stereocenters. The van der Waals surface area contributed by atoms with E-state index in [2.05, 4.69) is 0 Å². The van der Waals surface area contributed by atoms with Crippen molar-refractivity contribution in [1.29, 1.82) is 0 Å². The molecular formula is C6H16O5P+. The second-order valence-electron chi connectivity index (χ2n) is 3.37. The van der Waals surface area contributed by atoms with Crippen LogP contribution in [0.2, 0.25) is 0 Å². The largest absolute Gasteiger partial charge is 0.692 e. The first kappa shape index (κ1) is 14.5. The maximum absolute atomic E-state index is 9.10. The van der Waals surface area contributed by atoms with Gasteiger partial charge in [0.25, 0.3) is 0 Å². The average Bonchev–Trinajstić information content (AvgIpc) is 1.55. The van der Waals surface area contributed by atoms with Gasteiger partial charge in [-0.15, -0.1) is 9.79 Å². The highest BCUT2D eigenvalue weighted by atomic mass is 31.1. The Balaban J connectivity index is 0. The topological polar surface area (TPSA) is 98.0 Å². The third-order valence-electron chi connectivity index (χ3n) is 1.50. The van der Waals surface area contributed by atoms with Crippen LogP contribution in [0.1, 0.15) is 27.7 Å². The zero-order chi connectivity index (χ0) is 10.6. The molecule has 0 atom stereocenters. The minimum atomic E-state index is -2.87. The lowest BCUT2D eigenvalue weighted by molar-refractivity contribution is -0.107. The first-order valence-electron chi connectivity index (χ1n) is 3.28. The van der Waals surface area contributed by atoms with Gasteiger partial charge in [0.15, 0.2) is 0 Å². The lowest BCUT2D eigenvalue weighted by Gasteiger charge is -2.31. The van der Waals surface area contributed by atoms with Crippen LogP contribution in [0, 0.1) is 0 Å². The van der Waals surface area contributed by atoms with Gasteiger partial charge in [0.1, 0.15) is 0 Å². The van der Waals surface area contributed by atoms with Gasteiger partial charge in [0, 0.05) is 4.57 Å². The molecule has 0 radical (unpaired) electrons. The standard InChI is InChI=1S/C6H14O2.HO3P/c1-5(2,7)6(3,4)8;1-4(2)3/h7-8H,1-4H3;(H-,1,2,3)/p+1. The van der Waals surface area contributed by atoms with Crippen LogP contribution in [-0.4, -0.2) is 31.2 Å². The highest BCUT2D eigenvalue weighted by Crippen LogP contribution is 2.19. The monoisotopic (exact) mass is 199 g/mol. The molecule has 0 aliphatic carbocycles. The van der Waals surface area contributed by atoms with E-state index in [0.29, 0.717) is 0 Å². The van der Waals surface area contributed by atoms with Crippen molar-refractivity contribution in [2.75, 3.05) is 0 Å². The molecule has 0 aromatic rings. The predicted molar refractivity (Wildman–Crippen MR) is 44.6 cm³/mol. The lowest BCUT2D eigenvalue weighted by atomic mass is 9.90. The molecule has 0 saturated heterocycles. The molecule has 0 spiro atoms. The van der Waals surface area contributed by atoms with Gasteiger partial charge in [-0.2, -0.15) is 0 Å². The molecule has 0 fully saturated rings. The molecule has 0 aromatic heterocycles. The summed E-state index contributed by atoms with van der Waals surface area (Å²) in [6.07, 6.45) is 0. The SMILES string of the molecule is CC(C)(O)C(C)(C)O.O=[P+](O)O.